The smallest absolute Gasteiger partial charge is 0.307 e. The van der Waals surface area contributed by atoms with Gasteiger partial charge in [0.1, 0.15) is 0 Å². The average Bonchev–Trinajstić information content (AvgIpc) is 2.75. The van der Waals surface area contributed by atoms with E-state index in [0.29, 0.717) is 13.0 Å². The van der Waals surface area contributed by atoms with Crippen molar-refractivity contribution >= 4 is 21.7 Å². The van der Waals surface area contributed by atoms with E-state index in [1.165, 1.54) is 22.5 Å². The summed E-state index contributed by atoms with van der Waals surface area (Å²) in [5.74, 6) is -0.517. The number of hydrogen-bond donors (Lipinski definition) is 1. The lowest BCUT2D eigenvalue weighted by Gasteiger charge is -2.40. The lowest BCUT2D eigenvalue weighted by Crippen LogP contribution is -2.60. The van der Waals surface area contributed by atoms with E-state index >= 15 is 0 Å². The number of piperazine rings is 1. The molecule has 0 aliphatic carbocycles. The van der Waals surface area contributed by atoms with Crippen molar-refractivity contribution in [2.45, 2.75) is 36.7 Å². The largest absolute Gasteiger partial charge is 0.466 e. The summed E-state index contributed by atoms with van der Waals surface area (Å²) in [7, 11) is -4.23. The van der Waals surface area contributed by atoms with Gasteiger partial charge in [0.15, 0.2) is 4.90 Å². The number of para-hydroxylation sites is 1. The summed E-state index contributed by atoms with van der Waals surface area (Å²) >= 11 is 0. The second-order valence-electron chi connectivity index (χ2n) is 7.17. The van der Waals surface area contributed by atoms with Crippen LogP contribution in [-0.4, -0.2) is 55.4 Å². The maximum Gasteiger partial charge on any atom is 0.307 e. The van der Waals surface area contributed by atoms with Crippen molar-refractivity contribution in [3.63, 3.8) is 0 Å². The molecular formula is C21H25N3O6S. The zero-order valence-electron chi connectivity index (χ0n) is 17.1. The Hall–Kier alpha value is -2.82. The first kappa shape index (κ1) is 22.9. The number of benzene rings is 2. The fraction of sp³-hybridized carbons (Fsp3) is 0.381. The Balaban J connectivity index is 1.99. The van der Waals surface area contributed by atoms with Crippen molar-refractivity contribution in [3.8, 4) is 0 Å². The van der Waals surface area contributed by atoms with Crippen molar-refractivity contribution < 1.29 is 22.9 Å². The molecule has 2 aromatic rings. The summed E-state index contributed by atoms with van der Waals surface area (Å²) in [6.07, 6.45) is 0.339. The van der Waals surface area contributed by atoms with Crippen LogP contribution >= 0.6 is 0 Å². The maximum absolute atomic E-state index is 13.5. The molecule has 3 rings (SSSR count). The third-order valence-electron chi connectivity index (χ3n) is 5.20. The number of sulfonamides is 1. The highest BCUT2D eigenvalue weighted by Gasteiger charge is 2.42. The Kier molecular flexibility index (Phi) is 7.37. The van der Waals surface area contributed by atoms with Gasteiger partial charge in [0.2, 0.25) is 10.0 Å². The van der Waals surface area contributed by atoms with E-state index in [9.17, 15) is 23.3 Å². The van der Waals surface area contributed by atoms with E-state index in [2.05, 4.69) is 5.32 Å². The molecule has 2 aromatic carbocycles. The Morgan fingerprint density at radius 1 is 1.19 bits per heavy atom. The third-order valence-corrected chi connectivity index (χ3v) is 7.17. The predicted octanol–water partition coefficient (Wildman–Crippen LogP) is 2.12. The van der Waals surface area contributed by atoms with Crippen molar-refractivity contribution in [2.75, 3.05) is 19.7 Å². The number of rotatable bonds is 8. The van der Waals surface area contributed by atoms with Crippen LogP contribution in [-0.2, 0) is 26.0 Å². The summed E-state index contributed by atoms with van der Waals surface area (Å²) in [5, 5.41) is 14.7. The normalized spacial score (nSPS) is 19.6. The number of ether oxygens (including phenoxy) is 1. The van der Waals surface area contributed by atoms with Crippen molar-refractivity contribution in [1.29, 1.82) is 0 Å². The third kappa shape index (κ3) is 5.27. The molecule has 0 amide bonds. The molecule has 1 heterocycles. The summed E-state index contributed by atoms with van der Waals surface area (Å²) < 4.78 is 33.3. The second-order valence-corrected chi connectivity index (χ2v) is 9.03. The van der Waals surface area contributed by atoms with Gasteiger partial charge in [-0.2, -0.15) is 4.31 Å². The van der Waals surface area contributed by atoms with Gasteiger partial charge in [0.05, 0.1) is 24.0 Å². The minimum absolute atomic E-state index is 0.0870. The van der Waals surface area contributed by atoms with Crippen LogP contribution in [0, 0.1) is 10.1 Å². The highest BCUT2D eigenvalue weighted by atomic mass is 32.2. The first-order valence-corrected chi connectivity index (χ1v) is 11.5. The lowest BCUT2D eigenvalue weighted by molar-refractivity contribution is -0.387. The molecule has 31 heavy (non-hydrogen) atoms. The van der Waals surface area contributed by atoms with Gasteiger partial charge in [0.25, 0.3) is 5.69 Å². The molecule has 10 heteroatoms. The fourth-order valence-corrected chi connectivity index (χ4v) is 5.64. The van der Waals surface area contributed by atoms with Crippen LogP contribution in [0.25, 0.3) is 0 Å². The number of carbonyl (C=O) groups excluding carboxylic acids is 1. The number of nitrogens with one attached hydrogen (secondary N) is 1. The highest BCUT2D eigenvalue weighted by Crippen LogP contribution is 2.30. The van der Waals surface area contributed by atoms with Crippen LogP contribution in [0.5, 0.6) is 0 Å². The van der Waals surface area contributed by atoms with E-state index in [0.717, 1.165) is 11.6 Å². The SMILES string of the molecule is CCOC(=O)CC1C(Cc2ccccc2)NCCN1S(=O)(=O)c1ccccc1[N+](=O)[O-]. The topological polar surface area (TPSA) is 119 Å². The standard InChI is InChI=1S/C21H25N3O6S/c1-2-30-21(25)15-19-17(14-16-8-4-3-5-9-16)22-12-13-23(19)31(28,29)20-11-7-6-10-18(20)24(26)27/h3-11,17,19,22H,2,12-15H2,1H3. The van der Waals surface area contributed by atoms with E-state index in [1.54, 1.807) is 6.92 Å². The molecule has 1 aliphatic rings. The number of hydrogen-bond acceptors (Lipinski definition) is 7. The van der Waals surface area contributed by atoms with Crippen LogP contribution in [0.4, 0.5) is 5.69 Å². The molecule has 2 unspecified atom stereocenters. The van der Waals surface area contributed by atoms with Crippen LogP contribution < -0.4 is 5.32 Å². The molecule has 9 nitrogen and oxygen atoms in total. The Morgan fingerprint density at radius 2 is 1.87 bits per heavy atom. The minimum atomic E-state index is -4.23. The Labute approximate surface area is 181 Å². The lowest BCUT2D eigenvalue weighted by atomic mass is 9.95. The van der Waals surface area contributed by atoms with E-state index in [1.807, 2.05) is 30.3 Å². The number of carbonyl (C=O) groups is 1. The molecule has 1 N–H and O–H groups in total. The fourth-order valence-electron chi connectivity index (χ4n) is 3.82. The molecule has 1 aliphatic heterocycles. The van der Waals surface area contributed by atoms with Gasteiger partial charge in [-0.05, 0) is 25.0 Å². The molecule has 0 spiro atoms. The first-order chi connectivity index (χ1) is 14.8. The van der Waals surface area contributed by atoms with Crippen molar-refractivity contribution in [2.24, 2.45) is 0 Å². The molecule has 166 valence electrons. The zero-order chi connectivity index (χ0) is 22.4. The van der Waals surface area contributed by atoms with Crippen molar-refractivity contribution in [1.82, 2.24) is 9.62 Å². The Morgan fingerprint density at radius 3 is 2.55 bits per heavy atom. The van der Waals surface area contributed by atoms with Gasteiger partial charge in [-0.1, -0.05) is 42.5 Å². The summed E-state index contributed by atoms with van der Waals surface area (Å²) in [6, 6.07) is 13.7. The molecule has 0 bridgehead atoms. The summed E-state index contributed by atoms with van der Waals surface area (Å²) in [6.45, 7) is 2.31. The van der Waals surface area contributed by atoms with Gasteiger partial charge in [0, 0.05) is 25.2 Å². The molecule has 2 atom stereocenters. The molecule has 0 saturated carbocycles. The van der Waals surface area contributed by atoms with Crippen molar-refractivity contribution in [3.05, 3.63) is 70.3 Å². The summed E-state index contributed by atoms with van der Waals surface area (Å²) in [5.41, 5.74) is 0.495. The van der Waals surface area contributed by atoms with Gasteiger partial charge in [-0.3, -0.25) is 14.9 Å². The van der Waals surface area contributed by atoms with Crippen LogP contribution in [0.2, 0.25) is 0 Å². The quantitative estimate of drug-likeness (QED) is 0.374. The molecule has 1 saturated heterocycles. The van der Waals surface area contributed by atoms with E-state index in [4.69, 9.17) is 4.74 Å². The number of nitrogens with zero attached hydrogens (tertiary/aromatic N) is 2. The monoisotopic (exact) mass is 447 g/mol. The Bertz CT molecular complexity index is 1030. The first-order valence-electron chi connectivity index (χ1n) is 10.0. The predicted molar refractivity (Wildman–Crippen MR) is 114 cm³/mol. The summed E-state index contributed by atoms with van der Waals surface area (Å²) in [4.78, 5) is 22.7. The molecular weight excluding hydrogens is 422 g/mol. The van der Waals surface area contributed by atoms with Gasteiger partial charge in [-0.25, -0.2) is 8.42 Å². The van der Waals surface area contributed by atoms with Crippen LogP contribution in [0.1, 0.15) is 18.9 Å². The van der Waals surface area contributed by atoms with Gasteiger partial charge in [-0.15, -0.1) is 0 Å². The highest BCUT2D eigenvalue weighted by molar-refractivity contribution is 7.89. The van der Waals surface area contributed by atoms with Gasteiger partial charge < -0.3 is 10.1 Å². The molecule has 0 aromatic heterocycles. The second kappa shape index (κ2) is 9.99. The van der Waals surface area contributed by atoms with Gasteiger partial charge >= 0.3 is 5.97 Å². The number of esters is 1. The zero-order valence-corrected chi connectivity index (χ0v) is 18.0. The van der Waals surface area contributed by atoms with Crippen LogP contribution in [0.3, 0.4) is 0 Å². The number of nitro benzene ring substituents is 1. The van der Waals surface area contributed by atoms with E-state index in [-0.39, 0.29) is 30.5 Å². The maximum atomic E-state index is 13.5. The minimum Gasteiger partial charge on any atom is -0.466 e. The molecule has 0 radical (unpaired) electrons. The average molecular weight is 448 g/mol. The molecule has 1 fully saturated rings. The number of nitro groups is 1. The van der Waals surface area contributed by atoms with E-state index < -0.39 is 32.6 Å². The van der Waals surface area contributed by atoms with Crippen LogP contribution in [0.15, 0.2) is 59.5 Å².